The SMILES string of the molecule is CCc1cc2c(s1)SCc1c(-c3noc(C4CC4)n3)ncn1-2. The molecule has 2 aliphatic rings. The highest BCUT2D eigenvalue weighted by molar-refractivity contribution is 8.00. The van der Waals surface area contributed by atoms with Crippen LogP contribution >= 0.6 is 23.1 Å². The molecule has 112 valence electrons. The van der Waals surface area contributed by atoms with Crippen LogP contribution in [0.25, 0.3) is 17.2 Å². The lowest BCUT2D eigenvalue weighted by Gasteiger charge is -2.14. The summed E-state index contributed by atoms with van der Waals surface area (Å²) in [6.45, 7) is 2.20. The molecule has 0 atom stereocenters. The molecule has 0 aromatic carbocycles. The van der Waals surface area contributed by atoms with Crippen molar-refractivity contribution in [1.82, 2.24) is 19.7 Å². The van der Waals surface area contributed by atoms with Crippen LogP contribution in [0.4, 0.5) is 0 Å². The van der Waals surface area contributed by atoms with Gasteiger partial charge in [0.2, 0.25) is 11.7 Å². The summed E-state index contributed by atoms with van der Waals surface area (Å²) in [6.07, 6.45) is 5.29. The number of hydrogen-bond acceptors (Lipinski definition) is 6. The van der Waals surface area contributed by atoms with Crippen molar-refractivity contribution in [2.24, 2.45) is 0 Å². The van der Waals surface area contributed by atoms with E-state index in [0.29, 0.717) is 11.7 Å². The summed E-state index contributed by atoms with van der Waals surface area (Å²) < 4.78 is 8.94. The first-order valence-electron chi connectivity index (χ1n) is 7.49. The Hall–Kier alpha value is -1.60. The van der Waals surface area contributed by atoms with Gasteiger partial charge in [0.1, 0.15) is 12.0 Å². The van der Waals surface area contributed by atoms with Gasteiger partial charge in [-0.1, -0.05) is 12.1 Å². The van der Waals surface area contributed by atoms with Crippen LogP contribution in [0.5, 0.6) is 0 Å². The van der Waals surface area contributed by atoms with Gasteiger partial charge >= 0.3 is 0 Å². The second kappa shape index (κ2) is 4.70. The third-order valence-electron chi connectivity index (χ3n) is 4.13. The van der Waals surface area contributed by atoms with E-state index < -0.39 is 0 Å². The Balaban J connectivity index is 1.59. The summed E-state index contributed by atoms with van der Waals surface area (Å²) in [4.78, 5) is 10.5. The average molecular weight is 330 g/mol. The van der Waals surface area contributed by atoms with Gasteiger partial charge in [0.25, 0.3) is 0 Å². The van der Waals surface area contributed by atoms with Crippen LogP contribution < -0.4 is 0 Å². The maximum Gasteiger partial charge on any atom is 0.230 e. The molecule has 1 saturated carbocycles. The zero-order chi connectivity index (χ0) is 14.7. The molecule has 0 unspecified atom stereocenters. The summed E-state index contributed by atoms with van der Waals surface area (Å²) in [5.74, 6) is 2.78. The fourth-order valence-corrected chi connectivity index (χ4v) is 5.12. The molecule has 22 heavy (non-hydrogen) atoms. The Morgan fingerprint density at radius 3 is 3.14 bits per heavy atom. The number of aryl methyl sites for hydroxylation is 1. The molecule has 7 heteroatoms. The van der Waals surface area contributed by atoms with Crippen LogP contribution in [0.3, 0.4) is 0 Å². The highest BCUT2D eigenvalue weighted by Gasteiger charge is 2.31. The molecule has 0 radical (unpaired) electrons. The van der Waals surface area contributed by atoms with Crippen molar-refractivity contribution in [1.29, 1.82) is 0 Å². The predicted molar refractivity (Wildman–Crippen MR) is 85.6 cm³/mol. The molecule has 5 rings (SSSR count). The minimum Gasteiger partial charge on any atom is -0.339 e. The first kappa shape index (κ1) is 12.9. The van der Waals surface area contributed by atoms with Gasteiger partial charge in [-0.2, -0.15) is 4.98 Å². The third kappa shape index (κ3) is 1.88. The molecule has 3 aromatic rings. The van der Waals surface area contributed by atoms with Gasteiger partial charge < -0.3 is 4.52 Å². The molecule has 0 amide bonds. The van der Waals surface area contributed by atoms with E-state index in [9.17, 15) is 0 Å². The number of thioether (sulfide) groups is 1. The minimum atomic E-state index is 0.477. The van der Waals surface area contributed by atoms with Crippen LogP contribution in [0.1, 0.15) is 42.1 Å². The molecule has 0 bridgehead atoms. The Labute approximate surface area is 135 Å². The van der Waals surface area contributed by atoms with E-state index in [2.05, 4.69) is 32.7 Å². The van der Waals surface area contributed by atoms with Gasteiger partial charge in [-0.25, -0.2) is 4.98 Å². The zero-order valence-corrected chi connectivity index (χ0v) is 13.7. The van der Waals surface area contributed by atoms with Crippen molar-refractivity contribution >= 4 is 23.1 Å². The summed E-state index contributed by atoms with van der Waals surface area (Å²) in [5.41, 5.74) is 3.27. The predicted octanol–water partition coefficient (Wildman–Crippen LogP) is 4.03. The summed E-state index contributed by atoms with van der Waals surface area (Å²) in [7, 11) is 0. The van der Waals surface area contributed by atoms with Crippen LogP contribution in [0, 0.1) is 0 Å². The minimum absolute atomic E-state index is 0.477. The molecule has 5 nitrogen and oxygen atoms in total. The Bertz CT molecular complexity index is 859. The van der Waals surface area contributed by atoms with Gasteiger partial charge in [-0.05, 0) is 25.3 Å². The largest absolute Gasteiger partial charge is 0.339 e. The number of fused-ring (bicyclic) bond motifs is 3. The van der Waals surface area contributed by atoms with E-state index in [-0.39, 0.29) is 0 Å². The molecule has 0 N–H and O–H groups in total. The van der Waals surface area contributed by atoms with Gasteiger partial charge in [-0.3, -0.25) is 4.57 Å². The van der Waals surface area contributed by atoms with Crippen molar-refractivity contribution in [2.75, 3.05) is 0 Å². The quantitative estimate of drug-likeness (QED) is 0.726. The fraction of sp³-hybridized carbons (Fsp3) is 0.400. The van der Waals surface area contributed by atoms with Crippen molar-refractivity contribution in [3.05, 3.63) is 28.9 Å². The van der Waals surface area contributed by atoms with Gasteiger partial charge in [0.05, 0.1) is 15.6 Å². The molecule has 3 aromatic heterocycles. The van der Waals surface area contributed by atoms with Crippen molar-refractivity contribution in [3.8, 4) is 17.2 Å². The Morgan fingerprint density at radius 2 is 2.32 bits per heavy atom. The zero-order valence-electron chi connectivity index (χ0n) is 12.1. The first-order chi connectivity index (χ1) is 10.8. The molecular formula is C15H14N4OS2. The van der Waals surface area contributed by atoms with Crippen molar-refractivity contribution in [2.45, 2.75) is 42.1 Å². The standard InChI is InChI=1S/C15H14N4OS2/c1-2-9-5-10-15(22-9)21-6-11-12(16-7-19(10)11)13-17-14(20-18-13)8-3-4-8/h5,7-8H,2-4,6H2,1H3. The lowest BCUT2D eigenvalue weighted by molar-refractivity contribution is 0.380. The molecule has 1 aliphatic carbocycles. The number of hydrogen-bond donors (Lipinski definition) is 0. The number of thiophene rings is 1. The number of aromatic nitrogens is 4. The van der Waals surface area contributed by atoms with Gasteiger partial charge in [-0.15, -0.1) is 23.1 Å². The maximum atomic E-state index is 5.38. The number of rotatable bonds is 3. The highest BCUT2D eigenvalue weighted by Crippen LogP contribution is 2.44. The smallest absolute Gasteiger partial charge is 0.230 e. The molecule has 4 heterocycles. The lowest BCUT2D eigenvalue weighted by atomic mass is 10.3. The molecular weight excluding hydrogens is 316 g/mol. The third-order valence-corrected chi connectivity index (χ3v) is 6.68. The van der Waals surface area contributed by atoms with Gasteiger partial charge in [0, 0.05) is 16.5 Å². The molecule has 0 spiro atoms. The van der Waals surface area contributed by atoms with Crippen molar-refractivity contribution < 1.29 is 4.52 Å². The Kier molecular flexibility index (Phi) is 2.75. The van der Waals surface area contributed by atoms with Crippen LogP contribution in [-0.2, 0) is 12.2 Å². The lowest BCUT2D eigenvalue weighted by Crippen LogP contribution is -2.03. The van der Waals surface area contributed by atoms with Gasteiger partial charge in [0.15, 0.2) is 0 Å². The summed E-state index contributed by atoms with van der Waals surface area (Å²) >= 11 is 3.76. The summed E-state index contributed by atoms with van der Waals surface area (Å²) in [6, 6.07) is 2.27. The fourth-order valence-electron chi connectivity index (χ4n) is 2.73. The Morgan fingerprint density at radius 1 is 1.41 bits per heavy atom. The monoisotopic (exact) mass is 330 g/mol. The summed E-state index contributed by atoms with van der Waals surface area (Å²) in [5, 5.41) is 4.14. The molecule has 1 fully saturated rings. The topological polar surface area (TPSA) is 56.7 Å². The number of imidazole rings is 1. The molecule has 0 saturated heterocycles. The van der Waals surface area contributed by atoms with E-state index >= 15 is 0 Å². The maximum absolute atomic E-state index is 5.38. The van der Waals surface area contributed by atoms with E-state index in [1.807, 2.05) is 29.4 Å². The van der Waals surface area contributed by atoms with Crippen LogP contribution in [0.2, 0.25) is 0 Å². The highest BCUT2D eigenvalue weighted by atomic mass is 32.2. The van der Waals surface area contributed by atoms with E-state index in [1.165, 1.54) is 20.5 Å². The second-order valence-corrected chi connectivity index (χ2v) is 8.05. The van der Waals surface area contributed by atoms with Crippen molar-refractivity contribution in [3.63, 3.8) is 0 Å². The van der Waals surface area contributed by atoms with E-state index in [4.69, 9.17) is 4.52 Å². The molecule has 1 aliphatic heterocycles. The van der Waals surface area contributed by atoms with Crippen LogP contribution in [0.15, 0.2) is 21.1 Å². The van der Waals surface area contributed by atoms with E-state index in [1.54, 1.807) is 0 Å². The first-order valence-corrected chi connectivity index (χ1v) is 9.29. The average Bonchev–Trinajstić information content (AvgIpc) is 2.99. The normalized spacial score (nSPS) is 16.6. The van der Waals surface area contributed by atoms with E-state index in [0.717, 1.165) is 36.6 Å². The second-order valence-electron chi connectivity index (χ2n) is 5.67. The van der Waals surface area contributed by atoms with Crippen LogP contribution in [-0.4, -0.2) is 19.7 Å². The number of nitrogens with zero attached hydrogens (tertiary/aromatic N) is 4.